The highest BCUT2D eigenvalue weighted by molar-refractivity contribution is 6.10. The van der Waals surface area contributed by atoms with Crippen LogP contribution in [0, 0.1) is 21.4 Å². The fraction of sp³-hybridized carbons (Fsp3) is 0. The van der Waals surface area contributed by atoms with Crippen LogP contribution in [0.25, 0.3) is 39.7 Å². The standard InChI is InChI=1S/C23H15N3O2/c1-2-25-22-6-4-3-5-20(22)21-14-16(7-12-23(21)25)13-18(15-24)17-8-10-19(11-9-17)26(27)28/h2-14H,1H2/b18-13-. The van der Waals surface area contributed by atoms with Crippen molar-refractivity contribution in [2.24, 2.45) is 0 Å². The molecule has 0 unspecified atom stereocenters. The summed E-state index contributed by atoms with van der Waals surface area (Å²) in [6.45, 7) is 3.91. The molecule has 1 aromatic heterocycles. The van der Waals surface area contributed by atoms with Gasteiger partial charge >= 0.3 is 0 Å². The molecule has 28 heavy (non-hydrogen) atoms. The molecule has 0 atom stereocenters. The van der Waals surface area contributed by atoms with E-state index in [2.05, 4.69) is 18.7 Å². The van der Waals surface area contributed by atoms with Gasteiger partial charge in [-0.1, -0.05) is 30.8 Å². The van der Waals surface area contributed by atoms with Crippen molar-refractivity contribution in [2.45, 2.75) is 0 Å². The number of nitrogens with zero attached hydrogens (tertiary/aromatic N) is 3. The second kappa shape index (κ2) is 6.86. The van der Waals surface area contributed by atoms with E-state index in [1.807, 2.05) is 41.0 Å². The Bertz CT molecular complexity index is 1310. The third kappa shape index (κ3) is 2.83. The van der Waals surface area contributed by atoms with Crippen LogP contribution in [-0.2, 0) is 0 Å². The quantitative estimate of drug-likeness (QED) is 0.197. The Morgan fingerprint density at radius 3 is 2.43 bits per heavy atom. The van der Waals surface area contributed by atoms with Crippen LogP contribution < -0.4 is 0 Å². The third-order valence-corrected chi connectivity index (χ3v) is 4.74. The number of non-ortho nitro benzene ring substituents is 1. The van der Waals surface area contributed by atoms with Crippen molar-refractivity contribution in [1.82, 2.24) is 4.57 Å². The molecule has 0 aliphatic rings. The first-order valence-electron chi connectivity index (χ1n) is 8.64. The molecule has 4 rings (SSSR count). The van der Waals surface area contributed by atoms with Gasteiger partial charge in [0.05, 0.1) is 27.6 Å². The molecule has 3 aromatic carbocycles. The molecule has 4 aromatic rings. The number of nitro benzene ring substituents is 1. The summed E-state index contributed by atoms with van der Waals surface area (Å²) in [6.07, 6.45) is 3.58. The normalized spacial score (nSPS) is 11.5. The van der Waals surface area contributed by atoms with Gasteiger partial charge in [0, 0.05) is 29.1 Å². The second-order valence-electron chi connectivity index (χ2n) is 6.32. The summed E-state index contributed by atoms with van der Waals surface area (Å²) in [7, 11) is 0. The van der Waals surface area contributed by atoms with E-state index in [0.717, 1.165) is 27.4 Å². The molecule has 0 bridgehead atoms. The lowest BCUT2D eigenvalue weighted by atomic mass is 10.0. The Balaban J connectivity index is 1.84. The van der Waals surface area contributed by atoms with Gasteiger partial charge in [0.25, 0.3) is 5.69 Å². The number of hydrogen-bond acceptors (Lipinski definition) is 3. The van der Waals surface area contributed by atoms with Gasteiger partial charge in [-0.2, -0.15) is 5.26 Å². The van der Waals surface area contributed by atoms with E-state index in [1.54, 1.807) is 24.4 Å². The summed E-state index contributed by atoms with van der Waals surface area (Å²) >= 11 is 0. The van der Waals surface area contributed by atoms with Crippen LogP contribution >= 0.6 is 0 Å². The van der Waals surface area contributed by atoms with E-state index in [1.165, 1.54) is 12.1 Å². The number of aromatic nitrogens is 1. The average Bonchev–Trinajstić information content (AvgIpc) is 3.05. The van der Waals surface area contributed by atoms with Gasteiger partial charge in [-0.15, -0.1) is 0 Å². The van der Waals surface area contributed by atoms with Crippen LogP contribution in [0.5, 0.6) is 0 Å². The van der Waals surface area contributed by atoms with Crippen LogP contribution in [0.3, 0.4) is 0 Å². The van der Waals surface area contributed by atoms with E-state index in [0.29, 0.717) is 11.1 Å². The average molecular weight is 365 g/mol. The minimum atomic E-state index is -0.456. The number of benzene rings is 3. The lowest BCUT2D eigenvalue weighted by Crippen LogP contribution is -1.88. The Kier molecular flexibility index (Phi) is 4.23. The van der Waals surface area contributed by atoms with Crippen molar-refractivity contribution >= 4 is 45.3 Å². The Hall–Kier alpha value is -4.17. The van der Waals surface area contributed by atoms with Crippen molar-refractivity contribution in [2.75, 3.05) is 0 Å². The van der Waals surface area contributed by atoms with Crippen LogP contribution in [0.1, 0.15) is 11.1 Å². The summed E-state index contributed by atoms with van der Waals surface area (Å²) in [4.78, 5) is 10.4. The van der Waals surface area contributed by atoms with Gasteiger partial charge in [0.2, 0.25) is 0 Å². The van der Waals surface area contributed by atoms with Gasteiger partial charge in [0.1, 0.15) is 0 Å². The molecule has 0 saturated heterocycles. The summed E-state index contributed by atoms with van der Waals surface area (Å²) in [5, 5.41) is 22.6. The van der Waals surface area contributed by atoms with Crippen molar-refractivity contribution in [1.29, 1.82) is 5.26 Å². The maximum absolute atomic E-state index is 10.8. The highest BCUT2D eigenvalue weighted by Gasteiger charge is 2.10. The molecule has 1 heterocycles. The molecule has 0 aliphatic carbocycles. The van der Waals surface area contributed by atoms with Crippen LogP contribution in [0.4, 0.5) is 5.69 Å². The Labute approximate surface area is 161 Å². The zero-order valence-corrected chi connectivity index (χ0v) is 14.9. The van der Waals surface area contributed by atoms with Gasteiger partial charge in [0.15, 0.2) is 0 Å². The van der Waals surface area contributed by atoms with E-state index >= 15 is 0 Å². The predicted molar refractivity (Wildman–Crippen MR) is 112 cm³/mol. The summed E-state index contributed by atoms with van der Waals surface area (Å²) in [5.74, 6) is 0. The van der Waals surface area contributed by atoms with Gasteiger partial charge in [-0.05, 0) is 47.5 Å². The number of rotatable bonds is 4. The summed E-state index contributed by atoms with van der Waals surface area (Å²) < 4.78 is 2.04. The van der Waals surface area contributed by atoms with Crippen molar-refractivity contribution < 1.29 is 4.92 Å². The second-order valence-corrected chi connectivity index (χ2v) is 6.32. The van der Waals surface area contributed by atoms with Crippen LogP contribution in [-0.4, -0.2) is 9.49 Å². The smallest absolute Gasteiger partial charge is 0.269 e. The molecule has 0 radical (unpaired) electrons. The molecule has 5 heteroatoms. The molecule has 0 spiro atoms. The van der Waals surface area contributed by atoms with Gasteiger partial charge in [-0.3, -0.25) is 10.1 Å². The molecule has 0 N–H and O–H groups in total. The Morgan fingerprint density at radius 2 is 1.75 bits per heavy atom. The topological polar surface area (TPSA) is 71.9 Å². The maximum Gasteiger partial charge on any atom is 0.269 e. The molecule has 0 amide bonds. The highest BCUT2D eigenvalue weighted by Crippen LogP contribution is 2.31. The van der Waals surface area contributed by atoms with Gasteiger partial charge in [-0.25, -0.2) is 0 Å². The lowest BCUT2D eigenvalue weighted by molar-refractivity contribution is -0.384. The van der Waals surface area contributed by atoms with Gasteiger partial charge < -0.3 is 4.57 Å². The van der Waals surface area contributed by atoms with E-state index in [4.69, 9.17) is 0 Å². The van der Waals surface area contributed by atoms with Crippen molar-refractivity contribution in [3.8, 4) is 6.07 Å². The first-order valence-corrected chi connectivity index (χ1v) is 8.64. The lowest BCUT2D eigenvalue weighted by Gasteiger charge is -2.02. The monoisotopic (exact) mass is 365 g/mol. The van der Waals surface area contributed by atoms with E-state index < -0.39 is 4.92 Å². The molecule has 5 nitrogen and oxygen atoms in total. The zero-order valence-electron chi connectivity index (χ0n) is 14.9. The first-order chi connectivity index (χ1) is 13.6. The maximum atomic E-state index is 10.8. The largest absolute Gasteiger partial charge is 0.317 e. The highest BCUT2D eigenvalue weighted by atomic mass is 16.6. The number of nitro groups is 1. The van der Waals surface area contributed by atoms with Crippen LogP contribution in [0.15, 0.2) is 73.3 Å². The van der Waals surface area contributed by atoms with Crippen LogP contribution in [0.2, 0.25) is 0 Å². The number of nitriles is 1. The van der Waals surface area contributed by atoms with Crippen molar-refractivity contribution in [3.63, 3.8) is 0 Å². The molecular weight excluding hydrogens is 350 g/mol. The fourth-order valence-corrected chi connectivity index (χ4v) is 3.42. The third-order valence-electron chi connectivity index (χ3n) is 4.74. The molecule has 134 valence electrons. The molecule has 0 saturated carbocycles. The summed E-state index contributed by atoms with van der Waals surface area (Å²) in [5.41, 5.74) is 4.09. The number of fused-ring (bicyclic) bond motifs is 3. The number of hydrogen-bond donors (Lipinski definition) is 0. The van der Waals surface area contributed by atoms with E-state index in [-0.39, 0.29) is 5.69 Å². The number of para-hydroxylation sites is 1. The Morgan fingerprint density at radius 1 is 1.04 bits per heavy atom. The fourth-order valence-electron chi connectivity index (χ4n) is 3.42. The van der Waals surface area contributed by atoms with Crippen molar-refractivity contribution in [3.05, 3.63) is 94.6 Å². The zero-order chi connectivity index (χ0) is 19.7. The SMILES string of the molecule is C=Cn1c2ccccc2c2cc(/C=C(/C#N)c3ccc([N+](=O)[O-])cc3)ccc21. The molecular formula is C23H15N3O2. The van der Waals surface area contributed by atoms with E-state index in [9.17, 15) is 15.4 Å². The minimum Gasteiger partial charge on any atom is -0.317 e. The predicted octanol–water partition coefficient (Wildman–Crippen LogP) is 5.87. The molecule has 0 aliphatic heterocycles. The minimum absolute atomic E-state index is 0.000283. The summed E-state index contributed by atoms with van der Waals surface area (Å²) in [6, 6.07) is 22.3. The number of allylic oxidation sites excluding steroid dienone is 1. The molecule has 0 fully saturated rings. The first kappa shape index (κ1) is 17.3.